The van der Waals surface area contributed by atoms with Crippen LogP contribution in [0.15, 0.2) is 30.3 Å². The van der Waals surface area contributed by atoms with Crippen molar-refractivity contribution in [3.8, 4) is 0 Å². The van der Waals surface area contributed by atoms with Gasteiger partial charge >= 0.3 is 0 Å². The first-order valence-electron chi connectivity index (χ1n) is 4.88. The molecule has 0 bridgehead atoms. The quantitative estimate of drug-likeness (QED) is 0.690. The Labute approximate surface area is 79.4 Å². The van der Waals surface area contributed by atoms with E-state index < -0.39 is 0 Å². The average Bonchev–Trinajstić information content (AvgIpc) is 2.95. The second-order valence-corrected chi connectivity index (χ2v) is 3.62. The van der Waals surface area contributed by atoms with Crippen LogP contribution in [0.25, 0.3) is 0 Å². The Hall–Kier alpha value is -0.860. The Morgan fingerprint density at radius 1 is 1.31 bits per heavy atom. The highest BCUT2D eigenvalue weighted by Gasteiger charge is 2.31. The Bertz CT molecular complexity index is 258. The molecule has 2 rings (SSSR count). The summed E-state index contributed by atoms with van der Waals surface area (Å²) in [5.41, 5.74) is 6.97. The van der Waals surface area contributed by atoms with E-state index in [1.807, 2.05) is 0 Å². The lowest BCUT2D eigenvalue weighted by Crippen LogP contribution is -2.14. The molecule has 0 radical (unpaired) electrons. The molecule has 2 atom stereocenters. The van der Waals surface area contributed by atoms with Crippen LogP contribution >= 0.6 is 0 Å². The molecule has 0 aromatic heterocycles. The van der Waals surface area contributed by atoms with E-state index in [4.69, 9.17) is 5.73 Å². The van der Waals surface area contributed by atoms with Crippen molar-refractivity contribution < 1.29 is 0 Å². The highest BCUT2D eigenvalue weighted by Crippen LogP contribution is 2.15. The standard InChI is InChI=1S/C11H16N2/c12-8-11-9-13(11)7-6-10-4-2-1-3-5-10/h1-5,11H,6-9,12H2. The molecule has 1 aromatic carbocycles. The van der Waals surface area contributed by atoms with Crippen LogP contribution < -0.4 is 5.73 Å². The van der Waals surface area contributed by atoms with E-state index in [1.165, 1.54) is 12.1 Å². The van der Waals surface area contributed by atoms with Crippen LogP contribution in [0.5, 0.6) is 0 Å². The monoisotopic (exact) mass is 176 g/mol. The Morgan fingerprint density at radius 3 is 2.69 bits per heavy atom. The maximum atomic E-state index is 5.55. The third-order valence-corrected chi connectivity index (χ3v) is 2.63. The fourth-order valence-electron chi connectivity index (χ4n) is 1.64. The molecule has 0 aliphatic carbocycles. The zero-order valence-electron chi connectivity index (χ0n) is 7.82. The maximum absolute atomic E-state index is 5.55. The van der Waals surface area contributed by atoms with Crippen LogP contribution in [-0.4, -0.2) is 30.6 Å². The van der Waals surface area contributed by atoms with Crippen LogP contribution in [0.3, 0.4) is 0 Å². The topological polar surface area (TPSA) is 29.0 Å². The van der Waals surface area contributed by atoms with Gasteiger partial charge in [-0.2, -0.15) is 0 Å². The van der Waals surface area contributed by atoms with Gasteiger partial charge in [0.2, 0.25) is 0 Å². The van der Waals surface area contributed by atoms with Crippen molar-refractivity contribution in [1.82, 2.24) is 4.90 Å². The van der Waals surface area contributed by atoms with Crippen molar-refractivity contribution in [3.05, 3.63) is 35.9 Å². The van der Waals surface area contributed by atoms with Crippen molar-refractivity contribution in [2.75, 3.05) is 19.6 Å². The van der Waals surface area contributed by atoms with Gasteiger partial charge in [-0.15, -0.1) is 0 Å². The molecule has 70 valence electrons. The lowest BCUT2D eigenvalue weighted by atomic mass is 10.1. The maximum Gasteiger partial charge on any atom is 0.0346 e. The average molecular weight is 176 g/mol. The molecule has 2 unspecified atom stereocenters. The number of benzene rings is 1. The number of rotatable bonds is 4. The van der Waals surface area contributed by atoms with E-state index in [2.05, 4.69) is 35.2 Å². The summed E-state index contributed by atoms with van der Waals surface area (Å²) in [6.07, 6.45) is 1.15. The molecule has 2 nitrogen and oxygen atoms in total. The zero-order valence-corrected chi connectivity index (χ0v) is 7.82. The predicted molar refractivity (Wildman–Crippen MR) is 54.6 cm³/mol. The van der Waals surface area contributed by atoms with Crippen LogP contribution in [0.4, 0.5) is 0 Å². The van der Waals surface area contributed by atoms with Gasteiger partial charge in [0.1, 0.15) is 0 Å². The van der Waals surface area contributed by atoms with E-state index in [0.717, 1.165) is 19.5 Å². The predicted octanol–water partition coefficient (Wildman–Crippen LogP) is 0.872. The normalized spacial score (nSPS) is 25.9. The molecule has 1 saturated heterocycles. The Kier molecular flexibility index (Phi) is 2.62. The van der Waals surface area contributed by atoms with Crippen molar-refractivity contribution in [3.63, 3.8) is 0 Å². The van der Waals surface area contributed by atoms with Crippen LogP contribution in [0, 0.1) is 0 Å². The van der Waals surface area contributed by atoms with Gasteiger partial charge in [0, 0.05) is 25.7 Å². The van der Waals surface area contributed by atoms with Gasteiger partial charge in [-0.25, -0.2) is 0 Å². The van der Waals surface area contributed by atoms with Gasteiger partial charge < -0.3 is 5.73 Å². The van der Waals surface area contributed by atoms with E-state index >= 15 is 0 Å². The summed E-state index contributed by atoms with van der Waals surface area (Å²) < 4.78 is 0. The minimum absolute atomic E-state index is 0.670. The lowest BCUT2D eigenvalue weighted by molar-refractivity contribution is 0.511. The highest BCUT2D eigenvalue weighted by molar-refractivity contribution is 5.15. The minimum Gasteiger partial charge on any atom is -0.329 e. The molecular formula is C11H16N2. The van der Waals surface area contributed by atoms with E-state index in [9.17, 15) is 0 Å². The van der Waals surface area contributed by atoms with Gasteiger partial charge in [-0.1, -0.05) is 30.3 Å². The molecule has 2 heteroatoms. The van der Waals surface area contributed by atoms with Crippen LogP contribution in [-0.2, 0) is 6.42 Å². The number of nitrogens with zero attached hydrogens (tertiary/aromatic N) is 1. The fraction of sp³-hybridized carbons (Fsp3) is 0.455. The summed E-state index contributed by atoms with van der Waals surface area (Å²) in [6.45, 7) is 3.17. The molecule has 0 amide bonds. The van der Waals surface area contributed by atoms with Gasteiger partial charge in [-0.05, 0) is 12.0 Å². The second-order valence-electron chi connectivity index (χ2n) is 3.62. The van der Waals surface area contributed by atoms with Gasteiger partial charge in [0.15, 0.2) is 0 Å². The van der Waals surface area contributed by atoms with Gasteiger partial charge in [0.25, 0.3) is 0 Å². The first-order valence-corrected chi connectivity index (χ1v) is 4.88. The molecule has 1 heterocycles. The Morgan fingerprint density at radius 2 is 2.08 bits per heavy atom. The summed E-state index contributed by atoms with van der Waals surface area (Å²) in [4.78, 5) is 2.42. The summed E-state index contributed by atoms with van der Waals surface area (Å²) in [6, 6.07) is 11.3. The molecule has 13 heavy (non-hydrogen) atoms. The third-order valence-electron chi connectivity index (χ3n) is 2.63. The lowest BCUT2D eigenvalue weighted by Gasteiger charge is -2.02. The molecule has 0 spiro atoms. The van der Waals surface area contributed by atoms with Crippen molar-refractivity contribution in [1.29, 1.82) is 0 Å². The van der Waals surface area contributed by atoms with Crippen LogP contribution in [0.2, 0.25) is 0 Å². The third kappa shape index (κ3) is 2.29. The first-order chi connectivity index (χ1) is 6.40. The zero-order chi connectivity index (χ0) is 9.10. The summed E-state index contributed by atoms with van der Waals surface area (Å²) in [7, 11) is 0. The summed E-state index contributed by atoms with van der Waals surface area (Å²) in [5.74, 6) is 0. The number of hydrogen-bond donors (Lipinski definition) is 1. The van der Waals surface area contributed by atoms with E-state index in [-0.39, 0.29) is 0 Å². The fourth-order valence-corrected chi connectivity index (χ4v) is 1.64. The molecular weight excluding hydrogens is 160 g/mol. The smallest absolute Gasteiger partial charge is 0.0346 e. The number of nitrogens with two attached hydrogens (primary N) is 1. The van der Waals surface area contributed by atoms with Crippen molar-refractivity contribution in [2.45, 2.75) is 12.5 Å². The Balaban J connectivity index is 1.75. The molecule has 1 fully saturated rings. The summed E-state index contributed by atoms with van der Waals surface area (Å²) in [5, 5.41) is 0. The van der Waals surface area contributed by atoms with E-state index in [0.29, 0.717) is 6.04 Å². The number of hydrogen-bond acceptors (Lipinski definition) is 2. The highest BCUT2D eigenvalue weighted by atomic mass is 15.3. The first kappa shape index (κ1) is 8.73. The van der Waals surface area contributed by atoms with Crippen molar-refractivity contribution in [2.24, 2.45) is 5.73 Å². The second kappa shape index (κ2) is 3.90. The molecule has 1 aromatic rings. The largest absolute Gasteiger partial charge is 0.329 e. The van der Waals surface area contributed by atoms with Gasteiger partial charge in [0.05, 0.1) is 0 Å². The SMILES string of the molecule is NCC1CN1CCc1ccccc1. The van der Waals surface area contributed by atoms with Crippen molar-refractivity contribution >= 4 is 0 Å². The van der Waals surface area contributed by atoms with Crippen LogP contribution in [0.1, 0.15) is 5.56 Å². The molecule has 1 aliphatic heterocycles. The molecule has 1 aliphatic rings. The minimum atomic E-state index is 0.670. The molecule has 2 N–H and O–H groups in total. The van der Waals surface area contributed by atoms with Gasteiger partial charge in [-0.3, -0.25) is 4.90 Å². The summed E-state index contributed by atoms with van der Waals surface area (Å²) >= 11 is 0. The molecule has 0 saturated carbocycles. The van der Waals surface area contributed by atoms with E-state index in [1.54, 1.807) is 0 Å².